The first-order chi connectivity index (χ1) is 8.23. The molecule has 0 aliphatic heterocycles. The number of aliphatic hydroxyl groups excluding tert-OH is 1. The molecule has 0 spiro atoms. The number of hydrogen-bond acceptors (Lipinski definition) is 7. The van der Waals surface area contributed by atoms with Crippen molar-refractivity contribution in [2.75, 3.05) is 12.7 Å². The molecule has 0 aromatic heterocycles. The van der Waals surface area contributed by atoms with Gasteiger partial charge in [-0.05, 0) is 0 Å². The van der Waals surface area contributed by atoms with Gasteiger partial charge in [-0.1, -0.05) is 0 Å². The lowest BCUT2D eigenvalue weighted by Crippen LogP contribution is -2.38. The van der Waals surface area contributed by atoms with E-state index in [1.165, 1.54) is 0 Å². The summed E-state index contributed by atoms with van der Waals surface area (Å²) in [6.45, 7) is -0.789. The number of hydroxylamine groups is 2. The van der Waals surface area contributed by atoms with Gasteiger partial charge in [-0.3, -0.25) is 24.2 Å². The van der Waals surface area contributed by atoms with Crippen molar-refractivity contribution in [3.8, 4) is 0 Å². The van der Waals surface area contributed by atoms with Gasteiger partial charge in [-0.15, -0.1) is 5.25 Å². The maximum absolute atomic E-state index is 11.2. The molecule has 0 radical (unpaired) electrons. The van der Waals surface area contributed by atoms with E-state index >= 15 is 0 Å². The van der Waals surface area contributed by atoms with Crippen molar-refractivity contribution in [3.63, 3.8) is 0 Å². The molecule has 0 saturated heterocycles. The van der Waals surface area contributed by atoms with Crippen LogP contribution in [0.4, 0.5) is 0 Å². The van der Waals surface area contributed by atoms with E-state index in [2.05, 4.69) is 0 Å². The van der Waals surface area contributed by atoms with Gasteiger partial charge in [0, 0.05) is 12.6 Å². The number of hydrogen-bond donors (Lipinski definition) is 5. The Morgan fingerprint density at radius 1 is 1.44 bits per heavy atom. The molecule has 0 saturated carbocycles. The van der Waals surface area contributed by atoms with Gasteiger partial charge in [-0.2, -0.15) is 0 Å². The summed E-state index contributed by atoms with van der Waals surface area (Å²) in [5, 5.41) is 27.1. The van der Waals surface area contributed by atoms with Gasteiger partial charge in [0.1, 0.15) is 6.10 Å². The van der Waals surface area contributed by atoms with Gasteiger partial charge in [-0.25, -0.2) is 5.06 Å². The second-order valence-corrected chi connectivity index (χ2v) is 5.36. The lowest BCUT2D eigenvalue weighted by Gasteiger charge is -2.13. The van der Waals surface area contributed by atoms with Crippen LogP contribution >= 0.6 is 7.52 Å². The molecular formula is C7H13N2O8P. The van der Waals surface area contributed by atoms with Crippen LogP contribution in [0.2, 0.25) is 0 Å². The Labute approximate surface area is 101 Å². The molecule has 18 heavy (non-hydrogen) atoms. The maximum atomic E-state index is 11.2. The Morgan fingerprint density at radius 2 is 2.00 bits per heavy atom. The van der Waals surface area contributed by atoms with Crippen molar-refractivity contribution in [2.45, 2.75) is 12.5 Å². The van der Waals surface area contributed by atoms with Gasteiger partial charge in [0.05, 0.1) is 6.54 Å². The summed E-state index contributed by atoms with van der Waals surface area (Å²) in [4.78, 5) is 41.2. The number of ketones is 2. The van der Waals surface area contributed by atoms with E-state index in [0.29, 0.717) is 0 Å². The third-order valence-corrected chi connectivity index (χ3v) is 3.00. The van der Waals surface area contributed by atoms with E-state index in [1.807, 2.05) is 0 Å². The fraction of sp³-hybridized carbons (Fsp3) is 0.571. The SMILES string of the molecule is O=CN(O)CC(O)C(=O)C(=O)CCP(=O)(O)NO. The molecular weight excluding hydrogens is 271 g/mol. The smallest absolute Gasteiger partial charge is 0.290 e. The first-order valence-electron chi connectivity index (χ1n) is 4.62. The normalized spacial score (nSPS) is 15.6. The van der Waals surface area contributed by atoms with Crippen LogP contribution in [0.3, 0.4) is 0 Å². The monoisotopic (exact) mass is 284 g/mol. The summed E-state index contributed by atoms with van der Waals surface area (Å²) in [5.41, 5.74) is 0. The molecule has 104 valence electrons. The molecule has 10 nitrogen and oxygen atoms in total. The predicted octanol–water partition coefficient (Wildman–Crippen LogP) is -2.11. The molecule has 0 heterocycles. The molecule has 1 amide bonds. The molecule has 11 heteroatoms. The summed E-state index contributed by atoms with van der Waals surface area (Å²) in [5.74, 6) is -2.47. The van der Waals surface area contributed by atoms with E-state index in [4.69, 9.17) is 20.4 Å². The fourth-order valence-corrected chi connectivity index (χ4v) is 1.52. The van der Waals surface area contributed by atoms with Crippen LogP contribution in [0.1, 0.15) is 6.42 Å². The van der Waals surface area contributed by atoms with Crippen LogP contribution in [0, 0.1) is 0 Å². The van der Waals surface area contributed by atoms with Crippen LogP contribution in [0.15, 0.2) is 0 Å². The number of rotatable bonds is 9. The van der Waals surface area contributed by atoms with E-state index in [1.54, 1.807) is 0 Å². The van der Waals surface area contributed by atoms with Gasteiger partial charge < -0.3 is 15.2 Å². The van der Waals surface area contributed by atoms with Crippen molar-refractivity contribution < 1.29 is 39.4 Å². The first-order valence-corrected chi connectivity index (χ1v) is 6.47. The van der Waals surface area contributed by atoms with E-state index < -0.39 is 44.3 Å². The molecule has 0 aliphatic rings. The average Bonchev–Trinajstić information content (AvgIpc) is 2.34. The third-order valence-electron chi connectivity index (χ3n) is 1.86. The minimum atomic E-state index is -4.10. The van der Waals surface area contributed by atoms with Crippen molar-refractivity contribution in [3.05, 3.63) is 0 Å². The zero-order valence-corrected chi connectivity index (χ0v) is 9.99. The molecule has 0 aromatic rings. The Hall–Kier alpha value is -1.16. The molecule has 0 bridgehead atoms. The molecule has 5 N–H and O–H groups in total. The standard InChI is InChI=1S/C7H13N2O8P/c10-4-9(15)3-6(12)7(13)5(11)1-2-18(16,17)8-14/h4,6,12,14-15H,1-3H2,(H2,8,16,17). The quantitative estimate of drug-likeness (QED) is 0.105. The Balaban J connectivity index is 4.30. The van der Waals surface area contributed by atoms with Crippen LogP contribution in [-0.4, -0.2) is 62.3 Å². The summed E-state index contributed by atoms with van der Waals surface area (Å²) < 4.78 is 10.9. The molecule has 0 aromatic carbocycles. The lowest BCUT2D eigenvalue weighted by molar-refractivity contribution is -0.159. The second-order valence-electron chi connectivity index (χ2n) is 3.31. The third kappa shape index (κ3) is 5.96. The predicted molar refractivity (Wildman–Crippen MR) is 54.8 cm³/mol. The Bertz CT molecular complexity index is 372. The highest BCUT2D eigenvalue weighted by Gasteiger charge is 2.27. The van der Waals surface area contributed by atoms with Crippen LogP contribution < -0.4 is 5.25 Å². The van der Waals surface area contributed by atoms with Crippen molar-refractivity contribution in [1.82, 2.24) is 10.3 Å². The summed E-state index contributed by atoms with van der Waals surface area (Å²) >= 11 is 0. The zero-order chi connectivity index (χ0) is 14.3. The van der Waals surface area contributed by atoms with Crippen LogP contribution in [0.25, 0.3) is 0 Å². The summed E-state index contributed by atoms with van der Waals surface area (Å²) in [6.07, 6.45) is -3.37. The highest BCUT2D eigenvalue weighted by atomic mass is 31.2. The van der Waals surface area contributed by atoms with Crippen LogP contribution in [-0.2, 0) is 18.9 Å². The van der Waals surface area contributed by atoms with Crippen molar-refractivity contribution in [1.29, 1.82) is 0 Å². The van der Waals surface area contributed by atoms with Crippen LogP contribution in [0.5, 0.6) is 0 Å². The zero-order valence-electron chi connectivity index (χ0n) is 9.09. The van der Waals surface area contributed by atoms with E-state index in [0.717, 1.165) is 5.25 Å². The van der Waals surface area contributed by atoms with Crippen molar-refractivity contribution in [2.24, 2.45) is 0 Å². The Morgan fingerprint density at radius 3 is 2.44 bits per heavy atom. The molecule has 0 fully saturated rings. The largest absolute Gasteiger partial charge is 0.383 e. The Kier molecular flexibility index (Phi) is 6.84. The topological polar surface area (TPSA) is 164 Å². The minimum absolute atomic E-state index is 0.0257. The highest BCUT2D eigenvalue weighted by Crippen LogP contribution is 2.34. The minimum Gasteiger partial charge on any atom is -0.383 e. The fourth-order valence-electron chi connectivity index (χ4n) is 0.915. The molecule has 0 aliphatic carbocycles. The number of nitrogens with one attached hydrogen (secondary N) is 1. The highest BCUT2D eigenvalue weighted by molar-refractivity contribution is 7.55. The number of carbonyl (C=O) groups excluding carboxylic acids is 3. The number of amides is 1. The average molecular weight is 284 g/mol. The second kappa shape index (κ2) is 7.31. The number of aliphatic hydroxyl groups is 1. The number of Topliss-reactive ketones (excluding diaryl/α,β-unsaturated/α-hetero) is 2. The molecule has 2 unspecified atom stereocenters. The van der Waals surface area contributed by atoms with E-state index in [9.17, 15) is 18.9 Å². The van der Waals surface area contributed by atoms with Gasteiger partial charge in [0.2, 0.25) is 18.0 Å². The number of nitrogens with zero attached hydrogens (tertiary/aromatic N) is 1. The molecule has 0 rings (SSSR count). The maximum Gasteiger partial charge on any atom is 0.290 e. The van der Waals surface area contributed by atoms with Gasteiger partial charge >= 0.3 is 0 Å². The van der Waals surface area contributed by atoms with Gasteiger partial charge in [0.25, 0.3) is 7.52 Å². The van der Waals surface area contributed by atoms with Crippen molar-refractivity contribution >= 4 is 25.5 Å². The number of carbonyl (C=O) groups is 3. The molecule has 2 atom stereocenters. The summed E-state index contributed by atoms with van der Waals surface area (Å²) in [6, 6.07) is 0. The van der Waals surface area contributed by atoms with E-state index in [-0.39, 0.29) is 11.5 Å². The lowest BCUT2D eigenvalue weighted by atomic mass is 10.1. The summed E-state index contributed by atoms with van der Waals surface area (Å²) in [7, 11) is -4.10. The van der Waals surface area contributed by atoms with Gasteiger partial charge in [0.15, 0.2) is 0 Å². The first kappa shape index (κ1) is 16.8.